The molecule has 1 aromatic rings. The van der Waals surface area contributed by atoms with E-state index in [0.717, 1.165) is 30.8 Å². The normalized spacial score (nSPS) is 18.9. The molecule has 3 nitrogen and oxygen atoms in total. The van der Waals surface area contributed by atoms with Crippen LogP contribution >= 0.6 is 15.9 Å². The summed E-state index contributed by atoms with van der Waals surface area (Å²) in [4.78, 5) is 11.5. The first-order chi connectivity index (χ1) is 8.40. The van der Waals surface area contributed by atoms with Gasteiger partial charge in [-0.1, -0.05) is 15.9 Å². The molecule has 0 saturated heterocycles. The summed E-state index contributed by atoms with van der Waals surface area (Å²) >= 11 is 3.55. The first kappa shape index (κ1) is 11.5. The Morgan fingerprint density at radius 3 is 2.82 bits per heavy atom. The molecule has 2 aliphatic carbocycles. The third-order valence-corrected chi connectivity index (χ3v) is 4.04. The van der Waals surface area contributed by atoms with Crippen LogP contribution in [0.3, 0.4) is 0 Å². The lowest BCUT2D eigenvalue weighted by molar-refractivity contribution is 0.654. The first-order valence-corrected chi connectivity index (χ1v) is 7.67. The van der Waals surface area contributed by atoms with Crippen molar-refractivity contribution >= 4 is 21.7 Å². The van der Waals surface area contributed by atoms with E-state index in [1.807, 2.05) is 0 Å². The van der Waals surface area contributed by atoms with Crippen molar-refractivity contribution in [1.29, 1.82) is 0 Å². The summed E-state index contributed by atoms with van der Waals surface area (Å²) in [5.41, 5.74) is 2.72. The Hall–Kier alpha value is -0.640. The molecule has 0 N–H and O–H groups in total. The van der Waals surface area contributed by atoms with Crippen LogP contribution < -0.4 is 4.90 Å². The molecular formula is C13H18BrN3. The predicted octanol–water partition coefficient (Wildman–Crippen LogP) is 2.72. The zero-order chi connectivity index (χ0) is 11.7. The molecule has 0 bridgehead atoms. The second kappa shape index (κ2) is 4.92. The number of anilines is 1. The van der Waals surface area contributed by atoms with Gasteiger partial charge in [-0.05, 0) is 38.5 Å². The minimum Gasteiger partial charge on any atom is -0.352 e. The Balaban J connectivity index is 1.94. The second-order valence-corrected chi connectivity index (χ2v) is 5.74. The van der Waals surface area contributed by atoms with Gasteiger partial charge in [-0.3, -0.25) is 0 Å². The monoisotopic (exact) mass is 295 g/mol. The Morgan fingerprint density at radius 2 is 2.06 bits per heavy atom. The highest BCUT2D eigenvalue weighted by atomic mass is 79.9. The largest absolute Gasteiger partial charge is 0.352 e. The zero-order valence-electron chi connectivity index (χ0n) is 10.0. The van der Waals surface area contributed by atoms with Crippen molar-refractivity contribution in [3.05, 3.63) is 17.6 Å². The van der Waals surface area contributed by atoms with Crippen molar-refractivity contribution in [2.24, 2.45) is 0 Å². The van der Waals surface area contributed by atoms with Crippen LogP contribution in [0.4, 0.5) is 5.82 Å². The van der Waals surface area contributed by atoms with E-state index in [2.05, 4.69) is 30.8 Å². The summed E-state index contributed by atoms with van der Waals surface area (Å²) in [6, 6.07) is 0.730. The fourth-order valence-corrected chi connectivity index (χ4v) is 3.07. The van der Waals surface area contributed by atoms with Gasteiger partial charge >= 0.3 is 0 Å². The molecule has 0 aliphatic heterocycles. The van der Waals surface area contributed by atoms with E-state index in [0.29, 0.717) is 0 Å². The summed E-state index contributed by atoms with van der Waals surface area (Å²) in [6.07, 6.45) is 9.28. The number of hydrogen-bond acceptors (Lipinski definition) is 3. The number of halogens is 1. The molecule has 3 rings (SSSR count). The van der Waals surface area contributed by atoms with E-state index in [9.17, 15) is 0 Å². The SMILES string of the molecule is BrCCN(c1ncnc2c1CCCC2)C1CC1. The van der Waals surface area contributed by atoms with Crippen molar-refractivity contribution < 1.29 is 0 Å². The van der Waals surface area contributed by atoms with Crippen LogP contribution in [-0.2, 0) is 12.8 Å². The molecule has 0 radical (unpaired) electrons. The minimum atomic E-state index is 0.730. The number of fused-ring (bicyclic) bond motifs is 1. The predicted molar refractivity (Wildman–Crippen MR) is 72.8 cm³/mol. The molecule has 0 spiro atoms. The van der Waals surface area contributed by atoms with Crippen LogP contribution in [0.1, 0.15) is 36.9 Å². The molecule has 2 aliphatic rings. The van der Waals surface area contributed by atoms with Gasteiger partial charge in [0, 0.05) is 29.2 Å². The lowest BCUT2D eigenvalue weighted by atomic mass is 9.96. The molecule has 0 aromatic carbocycles. The molecule has 92 valence electrons. The van der Waals surface area contributed by atoms with Gasteiger partial charge in [0.1, 0.15) is 12.1 Å². The number of rotatable bonds is 4. The fourth-order valence-electron chi connectivity index (χ4n) is 2.69. The van der Waals surface area contributed by atoms with Gasteiger partial charge in [0.15, 0.2) is 0 Å². The average molecular weight is 296 g/mol. The summed E-state index contributed by atoms with van der Waals surface area (Å²) in [7, 11) is 0. The van der Waals surface area contributed by atoms with E-state index in [-0.39, 0.29) is 0 Å². The van der Waals surface area contributed by atoms with E-state index in [4.69, 9.17) is 0 Å². The Kier molecular flexibility index (Phi) is 3.32. The summed E-state index contributed by atoms with van der Waals surface area (Å²) < 4.78 is 0. The van der Waals surface area contributed by atoms with Crippen molar-refractivity contribution in [3.8, 4) is 0 Å². The van der Waals surface area contributed by atoms with Crippen LogP contribution in [0.25, 0.3) is 0 Å². The van der Waals surface area contributed by atoms with Crippen LogP contribution in [0.2, 0.25) is 0 Å². The lowest BCUT2D eigenvalue weighted by Gasteiger charge is -2.27. The standard InChI is InChI=1S/C13H18BrN3/c14-7-8-17(10-5-6-10)13-11-3-1-2-4-12(11)15-9-16-13/h9-10H,1-8H2. The van der Waals surface area contributed by atoms with Gasteiger partial charge in [0.2, 0.25) is 0 Å². The first-order valence-electron chi connectivity index (χ1n) is 6.55. The summed E-state index contributed by atoms with van der Waals surface area (Å²) in [5.74, 6) is 1.22. The van der Waals surface area contributed by atoms with Gasteiger partial charge in [0.05, 0.1) is 0 Å². The number of hydrogen-bond donors (Lipinski definition) is 0. The summed E-state index contributed by atoms with van der Waals surface area (Å²) in [6.45, 7) is 1.06. The maximum Gasteiger partial charge on any atom is 0.135 e. The van der Waals surface area contributed by atoms with Gasteiger partial charge in [-0.25, -0.2) is 9.97 Å². The minimum absolute atomic E-state index is 0.730. The van der Waals surface area contributed by atoms with E-state index < -0.39 is 0 Å². The second-order valence-electron chi connectivity index (χ2n) is 4.94. The molecule has 0 unspecified atom stereocenters. The number of aromatic nitrogens is 2. The number of nitrogens with zero attached hydrogens (tertiary/aromatic N) is 3. The quantitative estimate of drug-likeness (QED) is 0.800. The average Bonchev–Trinajstić information content (AvgIpc) is 3.20. The van der Waals surface area contributed by atoms with E-state index in [1.165, 1.54) is 42.8 Å². The zero-order valence-corrected chi connectivity index (χ0v) is 11.6. The van der Waals surface area contributed by atoms with Gasteiger partial charge in [-0.2, -0.15) is 0 Å². The lowest BCUT2D eigenvalue weighted by Crippen LogP contribution is -2.30. The maximum absolute atomic E-state index is 4.57. The molecule has 0 amide bonds. The number of alkyl halides is 1. The molecule has 1 saturated carbocycles. The number of aryl methyl sites for hydroxylation is 1. The third-order valence-electron chi connectivity index (χ3n) is 3.69. The van der Waals surface area contributed by atoms with E-state index >= 15 is 0 Å². The van der Waals surface area contributed by atoms with Crippen molar-refractivity contribution in [1.82, 2.24) is 9.97 Å². The smallest absolute Gasteiger partial charge is 0.135 e. The molecule has 17 heavy (non-hydrogen) atoms. The summed E-state index contributed by atoms with van der Waals surface area (Å²) in [5, 5.41) is 1.02. The highest BCUT2D eigenvalue weighted by Gasteiger charge is 2.31. The van der Waals surface area contributed by atoms with E-state index in [1.54, 1.807) is 6.33 Å². The highest BCUT2D eigenvalue weighted by Crippen LogP contribution is 2.34. The van der Waals surface area contributed by atoms with Crippen molar-refractivity contribution in [2.45, 2.75) is 44.6 Å². The van der Waals surface area contributed by atoms with Gasteiger partial charge in [-0.15, -0.1) is 0 Å². The molecule has 0 atom stereocenters. The Bertz CT molecular complexity index is 404. The molecule has 1 aromatic heterocycles. The van der Waals surface area contributed by atoms with Crippen LogP contribution in [0.5, 0.6) is 0 Å². The molecule has 4 heteroatoms. The Morgan fingerprint density at radius 1 is 1.24 bits per heavy atom. The third kappa shape index (κ3) is 2.32. The van der Waals surface area contributed by atoms with Gasteiger partial charge in [0.25, 0.3) is 0 Å². The molecule has 1 fully saturated rings. The maximum atomic E-state index is 4.57. The van der Waals surface area contributed by atoms with Crippen LogP contribution in [0, 0.1) is 0 Å². The van der Waals surface area contributed by atoms with Crippen LogP contribution in [0.15, 0.2) is 6.33 Å². The Labute approximate surface area is 111 Å². The topological polar surface area (TPSA) is 29.0 Å². The van der Waals surface area contributed by atoms with Crippen molar-refractivity contribution in [3.63, 3.8) is 0 Å². The molecule has 1 heterocycles. The van der Waals surface area contributed by atoms with Gasteiger partial charge < -0.3 is 4.90 Å². The molecular weight excluding hydrogens is 278 g/mol. The van der Waals surface area contributed by atoms with Crippen LogP contribution in [-0.4, -0.2) is 27.9 Å². The highest BCUT2D eigenvalue weighted by molar-refractivity contribution is 9.09. The van der Waals surface area contributed by atoms with Crippen molar-refractivity contribution in [2.75, 3.05) is 16.8 Å². The fraction of sp³-hybridized carbons (Fsp3) is 0.692.